The molecule has 0 bridgehead atoms. The summed E-state index contributed by atoms with van der Waals surface area (Å²) in [5, 5.41) is 0. The van der Waals surface area contributed by atoms with Gasteiger partial charge in [0.2, 0.25) is 0 Å². The van der Waals surface area contributed by atoms with Crippen molar-refractivity contribution in [1.82, 2.24) is 14.9 Å². The van der Waals surface area contributed by atoms with Crippen molar-refractivity contribution < 1.29 is 4.79 Å². The topological polar surface area (TPSA) is 72.1 Å². The summed E-state index contributed by atoms with van der Waals surface area (Å²) in [5.41, 5.74) is 7.86. The van der Waals surface area contributed by atoms with E-state index in [1.54, 1.807) is 14.1 Å². The second-order valence-electron chi connectivity index (χ2n) is 3.90. The Morgan fingerprint density at radius 2 is 1.87 bits per heavy atom. The third-order valence-electron chi connectivity index (χ3n) is 2.51. The minimum absolute atomic E-state index is 0.185. The number of fused-ring (bicyclic) bond motifs is 1. The smallest absolute Gasteiger partial charge is 0.275 e. The molecule has 0 spiro atoms. The second-order valence-corrected chi connectivity index (χ2v) is 3.90. The van der Waals surface area contributed by atoms with E-state index in [4.69, 9.17) is 5.73 Å². The van der Waals surface area contributed by atoms with E-state index >= 15 is 0 Å². The molecule has 2 N–H and O–H groups in total. The normalized spacial score (nSPS) is 13.7. The summed E-state index contributed by atoms with van der Waals surface area (Å²) >= 11 is 0. The zero-order chi connectivity index (χ0) is 11.0. The van der Waals surface area contributed by atoms with E-state index < -0.39 is 0 Å². The van der Waals surface area contributed by atoms with Gasteiger partial charge in [0.05, 0.1) is 11.4 Å². The van der Waals surface area contributed by atoms with Gasteiger partial charge in [-0.3, -0.25) is 4.79 Å². The molecule has 1 heterocycles. The van der Waals surface area contributed by atoms with Crippen molar-refractivity contribution in [3.63, 3.8) is 0 Å². The average molecular weight is 206 g/mol. The first-order valence-electron chi connectivity index (χ1n) is 4.96. The number of carbonyl (C=O) groups is 1. The minimum atomic E-state index is -0.185. The molecule has 1 aromatic heterocycles. The Hall–Kier alpha value is -1.65. The van der Waals surface area contributed by atoms with Crippen LogP contribution in [0.3, 0.4) is 0 Å². The summed E-state index contributed by atoms with van der Waals surface area (Å²) in [6, 6.07) is 0. The third kappa shape index (κ3) is 1.65. The van der Waals surface area contributed by atoms with E-state index in [1.807, 2.05) is 0 Å². The molecule has 0 saturated heterocycles. The van der Waals surface area contributed by atoms with Crippen LogP contribution in [0.4, 0.5) is 5.82 Å². The quantitative estimate of drug-likeness (QED) is 0.715. The SMILES string of the molecule is CN(C)C(=O)c1nc2c(nc1N)CCC2. The monoisotopic (exact) mass is 206 g/mol. The van der Waals surface area contributed by atoms with Gasteiger partial charge in [0.15, 0.2) is 11.5 Å². The van der Waals surface area contributed by atoms with Gasteiger partial charge in [-0.25, -0.2) is 9.97 Å². The fourth-order valence-electron chi connectivity index (χ4n) is 1.71. The van der Waals surface area contributed by atoms with Crippen LogP contribution < -0.4 is 5.73 Å². The number of rotatable bonds is 1. The summed E-state index contributed by atoms with van der Waals surface area (Å²) in [5.74, 6) is 0.0593. The van der Waals surface area contributed by atoms with E-state index in [0.717, 1.165) is 30.7 Å². The van der Waals surface area contributed by atoms with Crippen molar-refractivity contribution in [3.05, 3.63) is 17.1 Å². The molecule has 1 aliphatic rings. The lowest BCUT2D eigenvalue weighted by molar-refractivity contribution is 0.0822. The molecule has 80 valence electrons. The molecule has 0 radical (unpaired) electrons. The summed E-state index contributed by atoms with van der Waals surface area (Å²) in [6.45, 7) is 0. The van der Waals surface area contributed by atoms with E-state index in [2.05, 4.69) is 9.97 Å². The van der Waals surface area contributed by atoms with Crippen LogP contribution >= 0.6 is 0 Å². The molecule has 0 aromatic carbocycles. The van der Waals surface area contributed by atoms with Gasteiger partial charge in [0.25, 0.3) is 5.91 Å². The first-order valence-corrected chi connectivity index (χ1v) is 4.96. The molecular formula is C10H14N4O. The number of carbonyl (C=O) groups excluding carboxylic acids is 1. The highest BCUT2D eigenvalue weighted by Gasteiger charge is 2.21. The van der Waals surface area contributed by atoms with Crippen LogP contribution in [0.5, 0.6) is 0 Å². The number of anilines is 1. The van der Waals surface area contributed by atoms with Crippen molar-refractivity contribution >= 4 is 11.7 Å². The molecule has 0 fully saturated rings. The molecule has 0 atom stereocenters. The Kier molecular flexibility index (Phi) is 2.30. The first kappa shape index (κ1) is 9.89. The number of nitrogen functional groups attached to an aromatic ring is 1. The Morgan fingerprint density at radius 1 is 1.27 bits per heavy atom. The molecule has 2 rings (SSSR count). The highest BCUT2D eigenvalue weighted by Crippen LogP contribution is 2.21. The number of aryl methyl sites for hydroxylation is 2. The van der Waals surface area contributed by atoms with Crippen LogP contribution in [-0.4, -0.2) is 34.9 Å². The predicted octanol–water partition coefficient (Wildman–Crippen LogP) is 0.249. The van der Waals surface area contributed by atoms with Crippen LogP contribution in [0.2, 0.25) is 0 Å². The summed E-state index contributed by atoms with van der Waals surface area (Å²) in [4.78, 5) is 21.7. The van der Waals surface area contributed by atoms with Crippen molar-refractivity contribution in [1.29, 1.82) is 0 Å². The Labute approximate surface area is 88.3 Å². The maximum atomic E-state index is 11.7. The van der Waals surface area contributed by atoms with Gasteiger partial charge >= 0.3 is 0 Å². The fraction of sp³-hybridized carbons (Fsp3) is 0.500. The van der Waals surface area contributed by atoms with Gasteiger partial charge in [0.1, 0.15) is 0 Å². The van der Waals surface area contributed by atoms with Crippen LogP contribution in [0.25, 0.3) is 0 Å². The molecule has 0 saturated carbocycles. The standard InChI is InChI=1S/C10H14N4O/c1-14(2)10(15)8-9(11)13-7-5-3-4-6(7)12-8/h3-5H2,1-2H3,(H2,11,13). The van der Waals surface area contributed by atoms with Gasteiger partial charge in [-0.05, 0) is 19.3 Å². The zero-order valence-electron chi connectivity index (χ0n) is 8.95. The van der Waals surface area contributed by atoms with Crippen molar-refractivity contribution in [2.45, 2.75) is 19.3 Å². The lowest BCUT2D eigenvalue weighted by Crippen LogP contribution is -2.25. The van der Waals surface area contributed by atoms with Crippen LogP contribution in [0, 0.1) is 0 Å². The van der Waals surface area contributed by atoms with Gasteiger partial charge in [-0.2, -0.15) is 0 Å². The van der Waals surface area contributed by atoms with Crippen molar-refractivity contribution in [3.8, 4) is 0 Å². The number of amides is 1. The number of hydrogen-bond acceptors (Lipinski definition) is 4. The third-order valence-corrected chi connectivity index (χ3v) is 2.51. The molecule has 1 amide bonds. The van der Waals surface area contributed by atoms with E-state index in [-0.39, 0.29) is 17.4 Å². The Bertz CT molecular complexity index is 414. The number of aromatic nitrogens is 2. The second kappa shape index (κ2) is 3.49. The van der Waals surface area contributed by atoms with Gasteiger partial charge in [-0.15, -0.1) is 0 Å². The van der Waals surface area contributed by atoms with E-state index in [9.17, 15) is 4.79 Å². The number of nitrogens with zero attached hydrogens (tertiary/aromatic N) is 3. The predicted molar refractivity (Wildman–Crippen MR) is 56.5 cm³/mol. The lowest BCUT2D eigenvalue weighted by atomic mass is 10.3. The average Bonchev–Trinajstić information content (AvgIpc) is 2.62. The van der Waals surface area contributed by atoms with Gasteiger partial charge < -0.3 is 10.6 Å². The molecular weight excluding hydrogens is 192 g/mol. The lowest BCUT2D eigenvalue weighted by Gasteiger charge is -2.11. The molecule has 5 nitrogen and oxygen atoms in total. The summed E-state index contributed by atoms with van der Waals surface area (Å²) < 4.78 is 0. The maximum absolute atomic E-state index is 11.7. The Balaban J connectivity index is 2.45. The van der Waals surface area contributed by atoms with Crippen molar-refractivity contribution in [2.75, 3.05) is 19.8 Å². The molecule has 0 unspecified atom stereocenters. The molecule has 0 aliphatic heterocycles. The maximum Gasteiger partial charge on any atom is 0.275 e. The summed E-state index contributed by atoms with van der Waals surface area (Å²) in [7, 11) is 3.35. The zero-order valence-corrected chi connectivity index (χ0v) is 8.95. The van der Waals surface area contributed by atoms with Gasteiger partial charge in [-0.1, -0.05) is 0 Å². The van der Waals surface area contributed by atoms with Gasteiger partial charge in [0, 0.05) is 14.1 Å². The Morgan fingerprint density at radius 3 is 2.47 bits per heavy atom. The molecule has 1 aromatic rings. The molecule has 5 heteroatoms. The highest BCUT2D eigenvalue weighted by molar-refractivity contribution is 5.96. The molecule has 1 aliphatic carbocycles. The summed E-state index contributed by atoms with van der Waals surface area (Å²) in [6.07, 6.45) is 2.87. The van der Waals surface area contributed by atoms with E-state index in [0.29, 0.717) is 0 Å². The first-order chi connectivity index (χ1) is 7.09. The van der Waals surface area contributed by atoms with Crippen LogP contribution in [0.1, 0.15) is 28.3 Å². The molecule has 15 heavy (non-hydrogen) atoms. The van der Waals surface area contributed by atoms with Crippen LogP contribution in [-0.2, 0) is 12.8 Å². The fourth-order valence-corrected chi connectivity index (χ4v) is 1.71. The van der Waals surface area contributed by atoms with E-state index in [1.165, 1.54) is 4.90 Å². The van der Waals surface area contributed by atoms with Crippen molar-refractivity contribution in [2.24, 2.45) is 0 Å². The largest absolute Gasteiger partial charge is 0.382 e. The number of hydrogen-bond donors (Lipinski definition) is 1. The van der Waals surface area contributed by atoms with Crippen LogP contribution in [0.15, 0.2) is 0 Å². The number of nitrogens with two attached hydrogens (primary N) is 1. The highest BCUT2D eigenvalue weighted by atomic mass is 16.2. The minimum Gasteiger partial charge on any atom is -0.382 e.